The van der Waals surface area contributed by atoms with E-state index in [1.54, 1.807) is 5.48 Å². The van der Waals surface area contributed by atoms with Gasteiger partial charge in [0.05, 0.1) is 0 Å². The van der Waals surface area contributed by atoms with Crippen LogP contribution in [0.15, 0.2) is 0 Å². The molecular weight excluding hydrogens is 225 g/mol. The van der Waals surface area contributed by atoms with Crippen LogP contribution in [0.25, 0.3) is 0 Å². The van der Waals surface area contributed by atoms with Gasteiger partial charge in [0.1, 0.15) is 0 Å². The summed E-state index contributed by atoms with van der Waals surface area (Å²) in [5.74, 6) is -0.546. The molecule has 0 aliphatic carbocycles. The first-order valence-corrected chi connectivity index (χ1v) is 5.02. The van der Waals surface area contributed by atoms with Crippen LogP contribution in [-0.4, -0.2) is 31.3 Å². The van der Waals surface area contributed by atoms with E-state index in [4.69, 9.17) is 0 Å². The van der Waals surface area contributed by atoms with Gasteiger partial charge in [0.25, 0.3) is 0 Å². The summed E-state index contributed by atoms with van der Waals surface area (Å²) >= 11 is 0. The summed E-state index contributed by atoms with van der Waals surface area (Å²) in [4.78, 5) is 14.9. The molecule has 0 fully saturated rings. The van der Waals surface area contributed by atoms with Gasteiger partial charge in [-0.3, -0.25) is 9.63 Å². The Bertz CT molecular complexity index is 207. The SMILES string of the molecule is CC(C)NCCCC(=O)NOCC(F)(F)F. The zero-order valence-electron chi connectivity index (χ0n) is 9.36. The molecule has 0 saturated carbocycles. The largest absolute Gasteiger partial charge is 0.414 e. The number of hydroxylamine groups is 1. The number of halogens is 3. The topological polar surface area (TPSA) is 50.4 Å². The number of rotatable bonds is 7. The van der Waals surface area contributed by atoms with E-state index in [1.807, 2.05) is 13.8 Å². The van der Waals surface area contributed by atoms with Crippen LogP contribution >= 0.6 is 0 Å². The fourth-order valence-corrected chi connectivity index (χ4v) is 0.889. The lowest BCUT2D eigenvalue weighted by Gasteiger charge is -2.09. The average Bonchev–Trinajstić information content (AvgIpc) is 2.10. The van der Waals surface area contributed by atoms with E-state index in [9.17, 15) is 18.0 Å². The van der Waals surface area contributed by atoms with Gasteiger partial charge in [-0.05, 0) is 13.0 Å². The molecule has 0 aromatic carbocycles. The van der Waals surface area contributed by atoms with Crippen LogP contribution in [0.1, 0.15) is 26.7 Å². The summed E-state index contributed by atoms with van der Waals surface area (Å²) in [7, 11) is 0. The normalized spacial score (nSPS) is 11.9. The van der Waals surface area contributed by atoms with Crippen molar-refractivity contribution in [3.05, 3.63) is 0 Å². The van der Waals surface area contributed by atoms with Crippen molar-refractivity contribution in [1.82, 2.24) is 10.8 Å². The highest BCUT2D eigenvalue weighted by Gasteiger charge is 2.28. The van der Waals surface area contributed by atoms with Crippen LogP contribution in [0, 0.1) is 0 Å². The van der Waals surface area contributed by atoms with Crippen LogP contribution in [0.5, 0.6) is 0 Å². The Kier molecular flexibility index (Phi) is 7.07. The van der Waals surface area contributed by atoms with E-state index < -0.39 is 18.7 Å². The number of nitrogens with one attached hydrogen (secondary N) is 2. The second-order valence-electron chi connectivity index (χ2n) is 3.64. The number of alkyl halides is 3. The number of carbonyl (C=O) groups excluding carboxylic acids is 1. The standard InChI is InChI=1S/C9H17F3N2O2/c1-7(2)13-5-3-4-8(15)14-16-6-9(10,11)12/h7,13H,3-6H2,1-2H3,(H,14,15). The van der Waals surface area contributed by atoms with Crippen molar-refractivity contribution in [1.29, 1.82) is 0 Å². The first kappa shape index (κ1) is 15.2. The summed E-state index contributed by atoms with van der Waals surface area (Å²) in [6.45, 7) is 3.10. The third kappa shape index (κ3) is 11.3. The molecule has 0 atom stereocenters. The number of carbonyl (C=O) groups is 1. The molecule has 0 saturated heterocycles. The van der Waals surface area contributed by atoms with Gasteiger partial charge < -0.3 is 5.32 Å². The molecule has 7 heteroatoms. The Hall–Kier alpha value is -0.820. The molecule has 16 heavy (non-hydrogen) atoms. The Morgan fingerprint density at radius 1 is 1.38 bits per heavy atom. The second kappa shape index (κ2) is 7.45. The predicted molar refractivity (Wildman–Crippen MR) is 52.5 cm³/mol. The zero-order valence-corrected chi connectivity index (χ0v) is 9.36. The van der Waals surface area contributed by atoms with Gasteiger partial charge >= 0.3 is 6.18 Å². The molecule has 0 unspecified atom stereocenters. The maximum atomic E-state index is 11.6. The highest BCUT2D eigenvalue weighted by Crippen LogP contribution is 2.13. The molecule has 96 valence electrons. The van der Waals surface area contributed by atoms with Crippen molar-refractivity contribution in [2.45, 2.75) is 38.9 Å². The van der Waals surface area contributed by atoms with Crippen molar-refractivity contribution in [3.63, 3.8) is 0 Å². The lowest BCUT2D eigenvalue weighted by molar-refractivity contribution is -0.191. The minimum Gasteiger partial charge on any atom is -0.315 e. The zero-order chi connectivity index (χ0) is 12.6. The van der Waals surface area contributed by atoms with Crippen molar-refractivity contribution in [2.75, 3.05) is 13.2 Å². The van der Waals surface area contributed by atoms with Crippen LogP contribution in [0.3, 0.4) is 0 Å². The third-order valence-corrected chi connectivity index (χ3v) is 1.56. The molecule has 0 rings (SSSR count). The number of hydrogen-bond donors (Lipinski definition) is 2. The first-order valence-electron chi connectivity index (χ1n) is 5.02. The van der Waals surface area contributed by atoms with Crippen LogP contribution in [0.2, 0.25) is 0 Å². The maximum absolute atomic E-state index is 11.6. The smallest absolute Gasteiger partial charge is 0.315 e. The van der Waals surface area contributed by atoms with Gasteiger partial charge in [0.2, 0.25) is 5.91 Å². The van der Waals surface area contributed by atoms with Crippen molar-refractivity contribution >= 4 is 5.91 Å². The minimum absolute atomic E-state index is 0.136. The molecule has 4 nitrogen and oxygen atoms in total. The van der Waals surface area contributed by atoms with E-state index in [0.29, 0.717) is 19.0 Å². The molecule has 0 bridgehead atoms. The van der Waals surface area contributed by atoms with Crippen LogP contribution in [0.4, 0.5) is 13.2 Å². The Labute approximate surface area is 92.5 Å². The number of amides is 1. The monoisotopic (exact) mass is 242 g/mol. The summed E-state index contributed by atoms with van der Waals surface area (Å²) in [6.07, 6.45) is -3.73. The second-order valence-corrected chi connectivity index (χ2v) is 3.64. The van der Waals surface area contributed by atoms with Gasteiger partial charge in [-0.1, -0.05) is 13.8 Å². The summed E-state index contributed by atoms with van der Waals surface area (Å²) in [6, 6.07) is 0.324. The summed E-state index contributed by atoms with van der Waals surface area (Å²) in [5, 5.41) is 3.08. The Morgan fingerprint density at radius 2 is 2.00 bits per heavy atom. The third-order valence-electron chi connectivity index (χ3n) is 1.56. The molecule has 0 aromatic heterocycles. The van der Waals surface area contributed by atoms with Gasteiger partial charge in [-0.25, -0.2) is 5.48 Å². The maximum Gasteiger partial charge on any atom is 0.414 e. The molecule has 2 N–H and O–H groups in total. The van der Waals surface area contributed by atoms with E-state index in [1.165, 1.54) is 0 Å². The summed E-state index contributed by atoms with van der Waals surface area (Å²) in [5.41, 5.74) is 1.74. The van der Waals surface area contributed by atoms with Crippen LogP contribution in [-0.2, 0) is 9.63 Å². The first-order chi connectivity index (χ1) is 7.31. The lowest BCUT2D eigenvalue weighted by Crippen LogP contribution is -2.30. The van der Waals surface area contributed by atoms with Crippen molar-refractivity contribution in [3.8, 4) is 0 Å². The number of hydrogen-bond acceptors (Lipinski definition) is 3. The Balaban J connectivity index is 3.39. The van der Waals surface area contributed by atoms with Gasteiger partial charge in [-0.15, -0.1) is 0 Å². The van der Waals surface area contributed by atoms with Crippen molar-refractivity contribution < 1.29 is 22.8 Å². The molecule has 0 radical (unpaired) electrons. The molecule has 0 aliphatic rings. The summed E-state index contributed by atoms with van der Waals surface area (Å²) < 4.78 is 34.8. The molecule has 0 heterocycles. The van der Waals surface area contributed by atoms with Gasteiger partial charge in [0.15, 0.2) is 6.61 Å². The average molecular weight is 242 g/mol. The lowest BCUT2D eigenvalue weighted by atomic mass is 10.3. The molecule has 0 aliphatic heterocycles. The van der Waals surface area contributed by atoms with Crippen molar-refractivity contribution in [2.24, 2.45) is 0 Å². The van der Waals surface area contributed by atoms with Crippen LogP contribution < -0.4 is 10.8 Å². The van der Waals surface area contributed by atoms with E-state index in [2.05, 4.69) is 10.2 Å². The van der Waals surface area contributed by atoms with E-state index in [-0.39, 0.29) is 6.42 Å². The fourth-order valence-electron chi connectivity index (χ4n) is 0.889. The molecular formula is C9H17F3N2O2. The van der Waals surface area contributed by atoms with E-state index >= 15 is 0 Å². The van der Waals surface area contributed by atoms with Gasteiger partial charge in [0, 0.05) is 12.5 Å². The molecule has 1 amide bonds. The highest BCUT2D eigenvalue weighted by molar-refractivity contribution is 5.74. The minimum atomic E-state index is -4.42. The van der Waals surface area contributed by atoms with E-state index in [0.717, 1.165) is 0 Å². The predicted octanol–water partition coefficient (Wildman–Crippen LogP) is 1.37. The Morgan fingerprint density at radius 3 is 2.50 bits per heavy atom. The molecule has 0 spiro atoms. The highest BCUT2D eigenvalue weighted by atomic mass is 19.4. The fraction of sp³-hybridized carbons (Fsp3) is 0.889. The quantitative estimate of drug-likeness (QED) is 0.523. The molecule has 0 aromatic rings. The van der Waals surface area contributed by atoms with Gasteiger partial charge in [-0.2, -0.15) is 13.2 Å².